The molecule has 82 valence electrons. The summed E-state index contributed by atoms with van der Waals surface area (Å²) in [5, 5.41) is 8.71. The fourth-order valence-electron chi connectivity index (χ4n) is 1.07. The van der Waals surface area contributed by atoms with Crippen LogP contribution in [0.4, 0.5) is 0 Å². The third kappa shape index (κ3) is 3.79. The summed E-state index contributed by atoms with van der Waals surface area (Å²) >= 11 is -0.779. The third-order valence-corrected chi connectivity index (χ3v) is 3.45. The Bertz CT molecular complexity index is 303. The Labute approximate surface area is 99.4 Å². The van der Waals surface area contributed by atoms with Crippen molar-refractivity contribution in [1.29, 1.82) is 0 Å². The van der Waals surface area contributed by atoms with Crippen LogP contribution in [0.2, 0.25) is 0 Å². The van der Waals surface area contributed by atoms with Crippen molar-refractivity contribution in [2.24, 2.45) is 0 Å². The van der Waals surface area contributed by atoms with Crippen LogP contribution in [-0.4, -0.2) is 49.7 Å². The van der Waals surface area contributed by atoms with Crippen LogP contribution in [0.5, 0.6) is 17.2 Å². The molecule has 0 aromatic heterocycles. The van der Waals surface area contributed by atoms with E-state index in [0.717, 1.165) is 5.75 Å². The molecule has 15 heavy (non-hydrogen) atoms. The Kier molecular flexibility index (Phi) is 5.63. The number of hydrogen-bond donors (Lipinski definition) is 1. The van der Waals surface area contributed by atoms with Gasteiger partial charge in [0, 0.05) is 0 Å². The van der Waals surface area contributed by atoms with Crippen LogP contribution in [0.25, 0.3) is 0 Å². The van der Waals surface area contributed by atoms with Crippen LogP contribution in [0.1, 0.15) is 0 Å². The van der Waals surface area contributed by atoms with E-state index >= 15 is 0 Å². The van der Waals surface area contributed by atoms with Crippen LogP contribution in [0, 0.1) is 0 Å². The van der Waals surface area contributed by atoms with E-state index in [1.165, 1.54) is 0 Å². The summed E-state index contributed by atoms with van der Waals surface area (Å²) in [6.07, 6.45) is 0. The third-order valence-electron chi connectivity index (χ3n) is 1.81. The van der Waals surface area contributed by atoms with Gasteiger partial charge in [-0.15, -0.1) is 0 Å². The Morgan fingerprint density at radius 3 is 2.60 bits per heavy atom. The number of ether oxygens (including phenoxy) is 3. The van der Waals surface area contributed by atoms with Gasteiger partial charge in [-0.3, -0.25) is 0 Å². The van der Waals surface area contributed by atoms with Gasteiger partial charge in [-0.25, -0.2) is 0 Å². The van der Waals surface area contributed by atoms with Crippen molar-refractivity contribution >= 4 is 21.1 Å². The molecule has 0 amide bonds. The van der Waals surface area contributed by atoms with E-state index in [1.807, 2.05) is 6.07 Å². The molecule has 0 aliphatic heterocycles. The number of hydrogen-bond acceptors (Lipinski definition) is 4. The van der Waals surface area contributed by atoms with Crippen LogP contribution >= 0.6 is 0 Å². The Hall–Kier alpha value is -0.621. The molecule has 0 fully saturated rings. The number of rotatable bonds is 6. The van der Waals surface area contributed by atoms with Crippen molar-refractivity contribution in [3.63, 3.8) is 0 Å². The fourth-order valence-corrected chi connectivity index (χ4v) is 2.07. The summed E-state index contributed by atoms with van der Waals surface area (Å²) in [5.41, 5.74) is 0. The second-order valence-corrected chi connectivity index (χ2v) is 5.87. The number of methoxy groups -OCH3 is 2. The van der Waals surface area contributed by atoms with Crippen LogP contribution in [0.15, 0.2) is 18.2 Å². The average molecular weight is 317 g/mol. The van der Waals surface area contributed by atoms with Crippen molar-refractivity contribution in [3.8, 4) is 17.2 Å². The molecule has 0 saturated carbocycles. The normalized spacial score (nSPS) is 9.80. The Morgan fingerprint density at radius 2 is 2.00 bits per heavy atom. The van der Waals surface area contributed by atoms with E-state index in [4.69, 9.17) is 19.3 Å². The van der Waals surface area contributed by atoms with Gasteiger partial charge in [0.15, 0.2) is 0 Å². The zero-order chi connectivity index (χ0) is 11.1. The van der Waals surface area contributed by atoms with Crippen molar-refractivity contribution in [3.05, 3.63) is 18.2 Å². The predicted molar refractivity (Wildman–Crippen MR) is 57.9 cm³/mol. The molecule has 0 saturated heterocycles. The minimum absolute atomic E-state index is 0.287. The zero-order valence-corrected chi connectivity index (χ0v) is 11.7. The van der Waals surface area contributed by atoms with Gasteiger partial charge in [0.25, 0.3) is 0 Å². The van der Waals surface area contributed by atoms with E-state index in [0.29, 0.717) is 16.1 Å². The van der Waals surface area contributed by atoms with Gasteiger partial charge in [0.05, 0.1) is 0 Å². The molecule has 0 aliphatic rings. The van der Waals surface area contributed by atoms with Gasteiger partial charge < -0.3 is 0 Å². The van der Waals surface area contributed by atoms with Gasteiger partial charge in [0.2, 0.25) is 0 Å². The maximum absolute atomic E-state index is 8.71. The Morgan fingerprint density at radius 1 is 1.20 bits per heavy atom. The van der Waals surface area contributed by atoms with Gasteiger partial charge in [-0.2, -0.15) is 0 Å². The molecule has 4 nitrogen and oxygen atoms in total. The minimum atomic E-state index is -0.779. The maximum atomic E-state index is 8.71. The van der Waals surface area contributed by atoms with Crippen molar-refractivity contribution in [1.82, 2.24) is 0 Å². The van der Waals surface area contributed by atoms with Gasteiger partial charge in [0.1, 0.15) is 0 Å². The molecular formula is C10H14O4Sn. The van der Waals surface area contributed by atoms with Gasteiger partial charge in [-0.1, -0.05) is 0 Å². The Balaban J connectivity index is 2.72. The quantitative estimate of drug-likeness (QED) is 0.620. The predicted octanol–water partition coefficient (Wildman–Crippen LogP) is 0.694. The molecule has 0 heterocycles. The summed E-state index contributed by atoms with van der Waals surface area (Å²) in [5.74, 6) is 2.10. The molecule has 1 aromatic carbocycles. The number of aliphatic hydroxyl groups excluding tert-OH is 1. The average Bonchev–Trinajstić information content (AvgIpc) is 2.29. The molecule has 1 N–H and O–H groups in total. The molecule has 5 heteroatoms. The fraction of sp³-hybridized carbons (Fsp3) is 0.400. The topological polar surface area (TPSA) is 47.9 Å². The molecule has 0 bridgehead atoms. The second kappa shape index (κ2) is 6.79. The molecule has 0 unspecified atom stereocenters. The molecular weight excluding hydrogens is 303 g/mol. The number of benzene rings is 1. The summed E-state index contributed by atoms with van der Waals surface area (Å²) in [6, 6.07) is 5.41. The van der Waals surface area contributed by atoms with E-state index in [9.17, 15) is 0 Å². The number of aliphatic hydroxyl groups is 1. The zero-order valence-electron chi connectivity index (χ0n) is 8.82. The SMILES string of the molecule is COc1ccc(OC)c(O[CH2][Sn][CH2]O)c1. The standard InChI is InChI=1S/C9H11O3.CH3O.Sn/c1-10-7-4-5-8(11-2)9(6-7)12-3;1-2;/h4-6H,3H2,1-2H3;2H,1H2;. The van der Waals surface area contributed by atoms with E-state index in [-0.39, 0.29) is 4.62 Å². The second-order valence-electron chi connectivity index (χ2n) is 2.71. The van der Waals surface area contributed by atoms with Crippen LogP contribution in [-0.2, 0) is 0 Å². The monoisotopic (exact) mass is 318 g/mol. The van der Waals surface area contributed by atoms with Crippen molar-refractivity contribution in [2.45, 2.75) is 0 Å². The van der Waals surface area contributed by atoms with Gasteiger partial charge >= 0.3 is 99.4 Å². The summed E-state index contributed by atoms with van der Waals surface area (Å²) < 4.78 is 16.7. The summed E-state index contributed by atoms with van der Waals surface area (Å²) in [7, 11) is 3.21. The van der Waals surface area contributed by atoms with E-state index in [2.05, 4.69) is 0 Å². The first-order valence-electron chi connectivity index (χ1n) is 4.48. The van der Waals surface area contributed by atoms with E-state index in [1.54, 1.807) is 26.4 Å². The molecule has 0 spiro atoms. The molecule has 1 aromatic rings. The molecule has 1 rings (SSSR count). The first-order valence-corrected chi connectivity index (χ1v) is 8.52. The van der Waals surface area contributed by atoms with Crippen molar-refractivity contribution in [2.75, 3.05) is 23.5 Å². The first kappa shape index (κ1) is 12.4. The molecule has 0 aliphatic carbocycles. The summed E-state index contributed by atoms with van der Waals surface area (Å²) in [6.45, 7) is 0. The molecule has 0 atom stereocenters. The van der Waals surface area contributed by atoms with Gasteiger partial charge in [-0.05, 0) is 0 Å². The first-order chi connectivity index (χ1) is 7.31. The van der Waals surface area contributed by atoms with Crippen LogP contribution in [0.3, 0.4) is 0 Å². The van der Waals surface area contributed by atoms with Crippen LogP contribution < -0.4 is 14.2 Å². The van der Waals surface area contributed by atoms with Crippen molar-refractivity contribution < 1.29 is 19.3 Å². The molecule has 2 radical (unpaired) electrons. The summed E-state index contributed by atoms with van der Waals surface area (Å²) in [4.78, 5) is 0. The van der Waals surface area contributed by atoms with E-state index < -0.39 is 21.1 Å².